The van der Waals surface area contributed by atoms with E-state index in [0.717, 1.165) is 22.1 Å². The van der Waals surface area contributed by atoms with Crippen molar-refractivity contribution >= 4 is 34.0 Å². The summed E-state index contributed by atoms with van der Waals surface area (Å²) in [5.74, 6) is 1.60. The van der Waals surface area contributed by atoms with E-state index in [-0.39, 0.29) is 0 Å². The highest BCUT2D eigenvalue weighted by molar-refractivity contribution is 6.35. The minimum Gasteiger partial charge on any atom is -0.438 e. The molecule has 0 aliphatic heterocycles. The molecule has 0 amide bonds. The Labute approximate surface area is 126 Å². The Morgan fingerprint density at radius 3 is 2.55 bits per heavy atom. The molecule has 0 bridgehead atoms. The number of rotatable bonds is 3. The molecule has 0 atom stereocenters. The van der Waals surface area contributed by atoms with Gasteiger partial charge in [-0.2, -0.15) is 0 Å². The maximum absolute atomic E-state index is 6.20. The fraction of sp³-hybridized carbons (Fsp3) is 0.0625. The molecule has 2 aromatic carbocycles. The molecule has 2 nitrogen and oxygen atoms in total. The number of fused-ring (bicyclic) bond motifs is 1. The van der Waals surface area contributed by atoms with Crippen LogP contribution in [0.5, 0.6) is 11.6 Å². The highest BCUT2D eigenvalue weighted by Gasteiger charge is 2.09. The zero-order valence-corrected chi connectivity index (χ0v) is 12.0. The summed E-state index contributed by atoms with van der Waals surface area (Å²) in [4.78, 5) is 4.23. The molecule has 0 aliphatic rings. The van der Waals surface area contributed by atoms with Crippen LogP contribution in [0.3, 0.4) is 0 Å². The zero-order valence-electron chi connectivity index (χ0n) is 10.5. The summed E-state index contributed by atoms with van der Waals surface area (Å²) >= 11 is 12.1. The van der Waals surface area contributed by atoms with Crippen LogP contribution in [0.15, 0.2) is 54.7 Å². The van der Waals surface area contributed by atoms with Crippen LogP contribution in [0.2, 0.25) is 5.02 Å². The summed E-state index contributed by atoms with van der Waals surface area (Å²) in [5.41, 5.74) is 0.855. The van der Waals surface area contributed by atoms with Crippen molar-refractivity contribution in [1.82, 2.24) is 4.98 Å². The summed E-state index contributed by atoms with van der Waals surface area (Å²) in [6.45, 7) is 0. The number of ether oxygens (including phenoxy) is 1. The minimum atomic E-state index is 0.356. The number of hydrogen-bond donors (Lipinski definition) is 0. The SMILES string of the molecule is ClCc1cccnc1Oc1ccc(Cl)c2ccccc12. The second-order valence-electron chi connectivity index (χ2n) is 4.29. The standard InChI is InChI=1S/C16H11Cl2NO/c17-10-11-4-3-9-19-16(11)20-15-8-7-14(18)12-5-1-2-6-13(12)15/h1-9H,10H2. The van der Waals surface area contributed by atoms with Gasteiger partial charge in [0.05, 0.1) is 5.88 Å². The van der Waals surface area contributed by atoms with Crippen LogP contribution in [0.1, 0.15) is 5.56 Å². The molecule has 0 unspecified atom stereocenters. The number of pyridine rings is 1. The largest absolute Gasteiger partial charge is 0.438 e. The lowest BCUT2D eigenvalue weighted by atomic mass is 10.1. The van der Waals surface area contributed by atoms with Crippen LogP contribution in [0.4, 0.5) is 0 Å². The Balaban J connectivity index is 2.09. The van der Waals surface area contributed by atoms with Gasteiger partial charge in [-0.05, 0) is 18.2 Å². The molecule has 4 heteroatoms. The number of aromatic nitrogens is 1. The summed E-state index contributed by atoms with van der Waals surface area (Å²) in [7, 11) is 0. The van der Waals surface area contributed by atoms with Gasteiger partial charge in [0, 0.05) is 27.6 Å². The van der Waals surface area contributed by atoms with E-state index in [9.17, 15) is 0 Å². The van der Waals surface area contributed by atoms with Gasteiger partial charge >= 0.3 is 0 Å². The molecular formula is C16H11Cl2NO. The first-order valence-corrected chi connectivity index (χ1v) is 7.06. The average molecular weight is 304 g/mol. The van der Waals surface area contributed by atoms with Gasteiger partial charge < -0.3 is 4.74 Å². The molecule has 0 fully saturated rings. The minimum absolute atomic E-state index is 0.356. The van der Waals surface area contributed by atoms with Crippen molar-refractivity contribution in [1.29, 1.82) is 0 Å². The van der Waals surface area contributed by atoms with E-state index < -0.39 is 0 Å². The molecule has 0 saturated carbocycles. The molecule has 0 radical (unpaired) electrons. The Bertz CT molecular complexity index is 758. The van der Waals surface area contributed by atoms with Crippen molar-refractivity contribution in [2.75, 3.05) is 0 Å². The average Bonchev–Trinajstić information content (AvgIpc) is 2.51. The Morgan fingerprint density at radius 2 is 1.75 bits per heavy atom. The van der Waals surface area contributed by atoms with Gasteiger partial charge in [0.25, 0.3) is 0 Å². The maximum atomic E-state index is 6.20. The molecule has 1 heterocycles. The molecule has 20 heavy (non-hydrogen) atoms. The Kier molecular flexibility index (Phi) is 3.77. The van der Waals surface area contributed by atoms with Gasteiger partial charge in [0.1, 0.15) is 5.75 Å². The predicted octanol–water partition coefficient (Wildman–Crippen LogP) is 5.42. The number of benzene rings is 2. The highest BCUT2D eigenvalue weighted by Crippen LogP contribution is 2.34. The van der Waals surface area contributed by atoms with Crippen LogP contribution >= 0.6 is 23.2 Å². The van der Waals surface area contributed by atoms with E-state index >= 15 is 0 Å². The fourth-order valence-corrected chi connectivity index (χ4v) is 2.48. The third-order valence-corrected chi connectivity index (χ3v) is 3.65. The van der Waals surface area contributed by atoms with Crippen LogP contribution in [-0.4, -0.2) is 4.98 Å². The van der Waals surface area contributed by atoms with Crippen molar-refractivity contribution in [3.63, 3.8) is 0 Å². The summed E-state index contributed by atoms with van der Waals surface area (Å²) in [6, 6.07) is 15.2. The third kappa shape index (κ3) is 2.45. The van der Waals surface area contributed by atoms with E-state index in [4.69, 9.17) is 27.9 Å². The van der Waals surface area contributed by atoms with Crippen molar-refractivity contribution in [2.45, 2.75) is 5.88 Å². The molecular weight excluding hydrogens is 293 g/mol. The van der Waals surface area contributed by atoms with Crippen LogP contribution in [-0.2, 0) is 5.88 Å². The number of halogens is 2. The lowest BCUT2D eigenvalue weighted by Crippen LogP contribution is -1.93. The number of nitrogens with zero attached hydrogens (tertiary/aromatic N) is 1. The second-order valence-corrected chi connectivity index (χ2v) is 4.97. The molecule has 0 saturated heterocycles. The Hall–Kier alpha value is -1.77. The van der Waals surface area contributed by atoms with Crippen molar-refractivity contribution < 1.29 is 4.74 Å². The zero-order chi connectivity index (χ0) is 13.9. The Morgan fingerprint density at radius 1 is 0.950 bits per heavy atom. The first-order chi connectivity index (χ1) is 9.79. The molecule has 100 valence electrons. The smallest absolute Gasteiger partial charge is 0.223 e. The van der Waals surface area contributed by atoms with Crippen molar-refractivity contribution in [2.24, 2.45) is 0 Å². The lowest BCUT2D eigenvalue weighted by Gasteiger charge is -2.11. The molecule has 0 aliphatic carbocycles. The lowest BCUT2D eigenvalue weighted by molar-refractivity contribution is 0.463. The molecule has 1 aromatic heterocycles. The normalized spacial score (nSPS) is 10.7. The van der Waals surface area contributed by atoms with Gasteiger partial charge in [-0.25, -0.2) is 4.98 Å². The van der Waals surface area contributed by atoms with Gasteiger partial charge in [0.2, 0.25) is 5.88 Å². The molecule has 0 N–H and O–H groups in total. The van der Waals surface area contributed by atoms with Gasteiger partial charge in [-0.3, -0.25) is 0 Å². The number of hydrogen-bond acceptors (Lipinski definition) is 2. The van der Waals surface area contributed by atoms with E-state index in [2.05, 4.69) is 4.98 Å². The molecule has 3 aromatic rings. The fourth-order valence-electron chi connectivity index (χ4n) is 2.05. The van der Waals surface area contributed by atoms with Crippen molar-refractivity contribution in [3.8, 4) is 11.6 Å². The summed E-state index contributed by atoms with van der Waals surface area (Å²) in [6.07, 6.45) is 1.68. The number of alkyl halides is 1. The van der Waals surface area contributed by atoms with E-state index in [1.54, 1.807) is 6.20 Å². The quantitative estimate of drug-likeness (QED) is 0.603. The topological polar surface area (TPSA) is 22.1 Å². The van der Waals surface area contributed by atoms with Crippen LogP contribution < -0.4 is 4.74 Å². The van der Waals surface area contributed by atoms with E-state index in [1.165, 1.54) is 0 Å². The van der Waals surface area contributed by atoms with E-state index in [0.29, 0.717) is 16.8 Å². The molecule has 3 rings (SSSR count). The molecule has 0 spiro atoms. The van der Waals surface area contributed by atoms with Gasteiger partial charge in [-0.1, -0.05) is 41.9 Å². The maximum Gasteiger partial charge on any atom is 0.223 e. The van der Waals surface area contributed by atoms with E-state index in [1.807, 2.05) is 48.5 Å². The third-order valence-electron chi connectivity index (χ3n) is 3.03. The first kappa shape index (κ1) is 13.2. The summed E-state index contributed by atoms with van der Waals surface area (Å²) < 4.78 is 5.91. The van der Waals surface area contributed by atoms with Crippen LogP contribution in [0.25, 0.3) is 10.8 Å². The predicted molar refractivity (Wildman–Crippen MR) is 82.8 cm³/mol. The second kappa shape index (κ2) is 5.70. The monoisotopic (exact) mass is 303 g/mol. The summed E-state index contributed by atoms with van der Waals surface area (Å²) in [5, 5.41) is 2.60. The van der Waals surface area contributed by atoms with Crippen LogP contribution in [0, 0.1) is 0 Å². The van der Waals surface area contributed by atoms with Crippen molar-refractivity contribution in [3.05, 3.63) is 65.3 Å². The first-order valence-electron chi connectivity index (χ1n) is 6.14. The highest BCUT2D eigenvalue weighted by atomic mass is 35.5. The van der Waals surface area contributed by atoms with Gasteiger partial charge in [0.15, 0.2) is 0 Å². The van der Waals surface area contributed by atoms with Gasteiger partial charge in [-0.15, -0.1) is 11.6 Å².